The molecule has 3 nitrogen and oxygen atoms in total. The summed E-state index contributed by atoms with van der Waals surface area (Å²) in [4.78, 5) is 0. The molecule has 0 fully saturated rings. The quantitative estimate of drug-likeness (QED) is 0.300. The summed E-state index contributed by atoms with van der Waals surface area (Å²) in [7, 11) is 0. The van der Waals surface area contributed by atoms with Gasteiger partial charge in [-0.25, -0.2) is 9.07 Å². The molecule has 0 bridgehead atoms. The minimum absolute atomic E-state index is 0.0149. The number of aromatic nitrogens is 2. The van der Waals surface area contributed by atoms with Gasteiger partial charge in [0, 0.05) is 22.7 Å². The molecule has 3 aromatic carbocycles. The third-order valence-electron chi connectivity index (χ3n) is 5.79. The number of benzene rings is 3. The zero-order valence-corrected chi connectivity index (χ0v) is 20.5. The lowest BCUT2D eigenvalue weighted by molar-refractivity contribution is 0.221. The number of fused-ring (bicyclic) bond motifs is 1. The second-order valence-corrected chi connectivity index (χ2v) is 9.37. The van der Waals surface area contributed by atoms with Gasteiger partial charge < -0.3 is 5.32 Å². The van der Waals surface area contributed by atoms with E-state index in [-0.39, 0.29) is 6.04 Å². The Morgan fingerprint density at radius 2 is 1.82 bits per heavy atom. The number of nitrogens with one attached hydrogen (secondary N) is 1. The van der Waals surface area contributed by atoms with Crippen molar-refractivity contribution in [2.45, 2.75) is 39.4 Å². The second kappa shape index (κ2) is 9.20. The van der Waals surface area contributed by atoms with Crippen molar-refractivity contribution in [3.63, 3.8) is 0 Å². The van der Waals surface area contributed by atoms with Crippen molar-refractivity contribution < 1.29 is 4.39 Å². The first-order valence-electron chi connectivity index (χ1n) is 10.8. The van der Waals surface area contributed by atoms with Crippen LogP contribution in [0.15, 0.2) is 72.9 Å². The van der Waals surface area contributed by atoms with E-state index in [4.69, 9.17) is 23.2 Å². The molecule has 1 N–H and O–H groups in total. The van der Waals surface area contributed by atoms with Crippen LogP contribution in [-0.2, 0) is 5.67 Å². The van der Waals surface area contributed by atoms with Gasteiger partial charge in [0.15, 0.2) is 0 Å². The molecule has 0 amide bonds. The number of halogens is 3. The van der Waals surface area contributed by atoms with Gasteiger partial charge in [-0.05, 0) is 63.1 Å². The predicted molar refractivity (Wildman–Crippen MR) is 137 cm³/mol. The van der Waals surface area contributed by atoms with E-state index >= 15 is 0 Å². The molecular formula is C27H26Cl2FN3. The predicted octanol–water partition coefficient (Wildman–Crippen LogP) is 8.25. The third kappa shape index (κ3) is 4.78. The maximum Gasteiger partial charge on any atom is 0.130 e. The van der Waals surface area contributed by atoms with Crippen molar-refractivity contribution in [1.29, 1.82) is 0 Å². The van der Waals surface area contributed by atoms with Crippen LogP contribution >= 0.6 is 23.2 Å². The number of alkyl halides is 1. The standard InChI is InChI=1S/C27H26Cl2FN3/c1-5-25(32-17(2)18-8-6-9-19(14-18)27(3,4)30)21-10-7-11-26-22(21)16-31-33(26)20-12-13-23(28)24(29)15-20/h5-17,32H,1-4H3/b25-5-/t17-/m1/s1. The van der Waals surface area contributed by atoms with Crippen LogP contribution in [-0.4, -0.2) is 9.78 Å². The van der Waals surface area contributed by atoms with Crippen LogP contribution in [0, 0.1) is 0 Å². The molecule has 0 aliphatic heterocycles. The van der Waals surface area contributed by atoms with E-state index in [0.29, 0.717) is 15.6 Å². The zero-order chi connectivity index (χ0) is 23.8. The van der Waals surface area contributed by atoms with E-state index in [1.165, 1.54) is 0 Å². The first-order chi connectivity index (χ1) is 15.7. The summed E-state index contributed by atoms with van der Waals surface area (Å²) in [6, 6.07) is 19.2. The van der Waals surface area contributed by atoms with E-state index in [2.05, 4.69) is 23.4 Å². The Morgan fingerprint density at radius 1 is 1.06 bits per heavy atom. The van der Waals surface area contributed by atoms with E-state index in [9.17, 15) is 4.39 Å². The van der Waals surface area contributed by atoms with E-state index in [1.807, 2.05) is 66.3 Å². The first-order valence-corrected chi connectivity index (χ1v) is 11.6. The molecule has 0 saturated carbocycles. The number of allylic oxidation sites excluding steroid dienone is 1. The monoisotopic (exact) mass is 481 g/mol. The number of hydrogen-bond donors (Lipinski definition) is 1. The highest BCUT2D eigenvalue weighted by Gasteiger charge is 2.20. The van der Waals surface area contributed by atoms with E-state index in [1.54, 1.807) is 26.0 Å². The van der Waals surface area contributed by atoms with Crippen molar-refractivity contribution in [3.8, 4) is 5.69 Å². The fraction of sp³-hybridized carbons (Fsp3) is 0.222. The minimum Gasteiger partial charge on any atom is -0.378 e. The Bertz CT molecular complexity index is 1330. The summed E-state index contributed by atoms with van der Waals surface area (Å²) in [6.07, 6.45) is 3.90. The molecule has 4 aromatic rings. The van der Waals surface area contributed by atoms with Gasteiger partial charge in [0.1, 0.15) is 5.67 Å². The van der Waals surface area contributed by atoms with Gasteiger partial charge in [-0.3, -0.25) is 0 Å². The Balaban J connectivity index is 1.68. The van der Waals surface area contributed by atoms with Crippen molar-refractivity contribution >= 4 is 39.8 Å². The number of rotatable bonds is 6. The minimum atomic E-state index is -1.39. The van der Waals surface area contributed by atoms with Crippen LogP contribution in [0.1, 0.15) is 50.4 Å². The van der Waals surface area contributed by atoms with Gasteiger partial charge in [-0.15, -0.1) is 0 Å². The van der Waals surface area contributed by atoms with Crippen LogP contribution in [0.2, 0.25) is 10.0 Å². The summed E-state index contributed by atoms with van der Waals surface area (Å²) < 4.78 is 16.3. The van der Waals surface area contributed by atoms with E-state index < -0.39 is 5.67 Å². The van der Waals surface area contributed by atoms with Gasteiger partial charge in [0.2, 0.25) is 0 Å². The SMILES string of the molecule is C/C=C(\N[C@H](C)c1cccc(C(C)(C)F)c1)c1cccc2c1cnn2-c1ccc(Cl)c(Cl)c1. The van der Waals surface area contributed by atoms with Gasteiger partial charge >= 0.3 is 0 Å². The summed E-state index contributed by atoms with van der Waals surface area (Å²) in [5.41, 5.74) is 4.12. The largest absolute Gasteiger partial charge is 0.378 e. The number of hydrogen-bond acceptors (Lipinski definition) is 2. The highest BCUT2D eigenvalue weighted by Crippen LogP contribution is 2.31. The van der Waals surface area contributed by atoms with Crippen molar-refractivity contribution in [1.82, 2.24) is 15.1 Å². The van der Waals surface area contributed by atoms with Crippen molar-refractivity contribution in [2.24, 2.45) is 0 Å². The highest BCUT2D eigenvalue weighted by atomic mass is 35.5. The Morgan fingerprint density at radius 3 is 2.52 bits per heavy atom. The molecule has 33 heavy (non-hydrogen) atoms. The van der Waals surface area contributed by atoms with Gasteiger partial charge in [0.05, 0.1) is 27.4 Å². The topological polar surface area (TPSA) is 29.9 Å². The molecule has 1 aromatic heterocycles. The Labute approximate surface area is 203 Å². The van der Waals surface area contributed by atoms with Gasteiger partial charge in [0.25, 0.3) is 0 Å². The smallest absolute Gasteiger partial charge is 0.130 e. The average molecular weight is 482 g/mol. The summed E-state index contributed by atoms with van der Waals surface area (Å²) in [6.45, 7) is 7.23. The lowest BCUT2D eigenvalue weighted by Gasteiger charge is -2.22. The molecule has 0 saturated heterocycles. The van der Waals surface area contributed by atoms with Crippen LogP contribution in [0.3, 0.4) is 0 Å². The summed E-state index contributed by atoms with van der Waals surface area (Å²) in [5, 5.41) is 10.2. The number of nitrogens with zero attached hydrogens (tertiary/aromatic N) is 2. The fourth-order valence-corrected chi connectivity index (χ4v) is 4.21. The van der Waals surface area contributed by atoms with Gasteiger partial charge in [-0.1, -0.05) is 65.7 Å². The van der Waals surface area contributed by atoms with Gasteiger partial charge in [-0.2, -0.15) is 5.10 Å². The molecule has 1 atom stereocenters. The normalized spacial score (nSPS) is 13.4. The summed E-state index contributed by atoms with van der Waals surface area (Å²) in [5.74, 6) is 0. The molecule has 0 radical (unpaired) electrons. The molecule has 6 heteroatoms. The first kappa shape index (κ1) is 23.3. The van der Waals surface area contributed by atoms with Crippen LogP contribution in [0.25, 0.3) is 22.3 Å². The fourth-order valence-electron chi connectivity index (χ4n) is 3.92. The molecule has 0 aliphatic carbocycles. The third-order valence-corrected chi connectivity index (χ3v) is 6.52. The lowest BCUT2D eigenvalue weighted by atomic mass is 9.95. The van der Waals surface area contributed by atoms with Crippen LogP contribution in [0.4, 0.5) is 4.39 Å². The maximum atomic E-state index is 14.5. The lowest BCUT2D eigenvalue weighted by Crippen LogP contribution is -2.18. The molecule has 170 valence electrons. The summed E-state index contributed by atoms with van der Waals surface area (Å²) >= 11 is 12.3. The highest BCUT2D eigenvalue weighted by molar-refractivity contribution is 6.42. The zero-order valence-electron chi connectivity index (χ0n) is 19.0. The van der Waals surface area contributed by atoms with Crippen LogP contribution < -0.4 is 5.32 Å². The molecule has 0 spiro atoms. The second-order valence-electron chi connectivity index (χ2n) is 8.56. The molecule has 1 heterocycles. The molecule has 0 aliphatic rings. The average Bonchev–Trinajstić information content (AvgIpc) is 3.23. The van der Waals surface area contributed by atoms with Crippen molar-refractivity contribution in [2.75, 3.05) is 0 Å². The van der Waals surface area contributed by atoms with Crippen molar-refractivity contribution in [3.05, 3.63) is 99.7 Å². The van der Waals surface area contributed by atoms with E-state index in [0.717, 1.165) is 33.4 Å². The Kier molecular flexibility index (Phi) is 6.51. The molecule has 0 unspecified atom stereocenters. The molecule has 4 rings (SSSR count). The maximum absolute atomic E-state index is 14.5. The van der Waals surface area contributed by atoms with Crippen LogP contribution in [0.5, 0.6) is 0 Å². The Hall–Kier alpha value is -2.82. The molecular weight excluding hydrogens is 456 g/mol.